The average molecular weight is 294 g/mol. The minimum absolute atomic E-state index is 1.17. The average Bonchev–Trinajstić information content (AvgIpc) is 2.87. The van der Waals surface area contributed by atoms with Crippen LogP contribution in [0.3, 0.4) is 0 Å². The third kappa shape index (κ3) is 7.15. The number of aryl methyl sites for hydroxylation is 2. The monoisotopic (exact) mass is 293 g/mol. The van der Waals surface area contributed by atoms with Gasteiger partial charge in [-0.3, -0.25) is 0 Å². The molecule has 0 bridgehead atoms. The summed E-state index contributed by atoms with van der Waals surface area (Å²) in [5, 5.41) is 0. The summed E-state index contributed by atoms with van der Waals surface area (Å²) < 4.78 is 4.98. The molecule has 21 heavy (non-hydrogen) atoms. The second kappa shape index (κ2) is 11.8. The van der Waals surface area contributed by atoms with Crippen LogP contribution in [0, 0.1) is 0 Å². The number of nitrogens with zero attached hydrogens (tertiary/aromatic N) is 2. The van der Waals surface area contributed by atoms with E-state index in [4.69, 9.17) is 0 Å². The third-order valence-corrected chi connectivity index (χ3v) is 4.31. The van der Waals surface area contributed by atoms with Gasteiger partial charge in [-0.25, -0.2) is 9.13 Å². The maximum atomic E-state index is 2.50. The molecule has 1 aromatic heterocycles. The van der Waals surface area contributed by atoms with Crippen LogP contribution in [0.25, 0.3) is 0 Å². The molecule has 1 heterocycles. The highest BCUT2D eigenvalue weighted by Crippen LogP contribution is 2.10. The molecule has 0 aliphatic heterocycles. The van der Waals surface area contributed by atoms with Crippen molar-refractivity contribution < 1.29 is 4.57 Å². The summed E-state index contributed by atoms with van der Waals surface area (Å²) in [6, 6.07) is 0. The molecule has 0 aliphatic carbocycles. The molecular weight excluding hydrogens is 256 g/mol. The normalized spacial score (nSPS) is 11.2. The number of hydrogen-bond donors (Lipinski definition) is 0. The minimum atomic E-state index is 1.17. The summed E-state index contributed by atoms with van der Waals surface area (Å²) in [6.07, 6.45) is 19.4. The zero-order chi connectivity index (χ0) is 15.3. The number of hydrogen-bond acceptors (Lipinski definition) is 0. The second-order valence-corrected chi connectivity index (χ2v) is 6.33. The van der Waals surface area contributed by atoms with E-state index in [9.17, 15) is 0 Å². The molecule has 0 atom stereocenters. The molecule has 0 aromatic carbocycles. The first kappa shape index (κ1) is 18.3. The van der Waals surface area contributed by atoms with Gasteiger partial charge in [0.05, 0.1) is 13.1 Å². The second-order valence-electron chi connectivity index (χ2n) is 6.33. The molecule has 2 heteroatoms. The van der Waals surface area contributed by atoms with E-state index < -0.39 is 0 Å². The first-order chi connectivity index (χ1) is 10.3. The van der Waals surface area contributed by atoms with E-state index in [2.05, 4.69) is 42.3 Å². The number of aromatic nitrogens is 2. The molecule has 0 saturated carbocycles. The highest BCUT2D eigenvalue weighted by molar-refractivity contribution is 4.84. The van der Waals surface area contributed by atoms with Crippen molar-refractivity contribution in [1.82, 2.24) is 4.57 Å². The predicted molar refractivity (Wildman–Crippen MR) is 91.5 cm³/mol. The van der Waals surface area contributed by atoms with Gasteiger partial charge in [-0.05, 0) is 19.3 Å². The molecule has 0 spiro atoms. The van der Waals surface area contributed by atoms with Crippen molar-refractivity contribution in [3.05, 3.63) is 18.2 Å². The molecule has 0 amide bonds. The number of unbranched alkanes of at least 4 members (excludes halogenated alkanes) is 7. The Balaban J connectivity index is 2.37. The van der Waals surface area contributed by atoms with Crippen LogP contribution in [0.15, 0.2) is 12.4 Å². The molecule has 0 unspecified atom stereocenters. The summed E-state index contributed by atoms with van der Waals surface area (Å²) in [6.45, 7) is 9.20. The van der Waals surface area contributed by atoms with E-state index in [1.54, 1.807) is 5.82 Å². The maximum absolute atomic E-state index is 2.50. The summed E-state index contributed by atoms with van der Waals surface area (Å²) in [5.41, 5.74) is 0. The van der Waals surface area contributed by atoms with Crippen molar-refractivity contribution in [3.8, 4) is 0 Å². The Morgan fingerprint density at radius 2 is 1.48 bits per heavy atom. The van der Waals surface area contributed by atoms with Crippen molar-refractivity contribution in [2.45, 2.75) is 104 Å². The summed E-state index contributed by atoms with van der Waals surface area (Å²) in [7, 11) is 0. The lowest BCUT2D eigenvalue weighted by atomic mass is 10.1. The largest absolute Gasteiger partial charge is 0.256 e. The van der Waals surface area contributed by atoms with E-state index in [0.717, 1.165) is 0 Å². The minimum Gasteiger partial charge on any atom is -0.234 e. The highest BCUT2D eigenvalue weighted by Gasteiger charge is 2.15. The fourth-order valence-electron chi connectivity index (χ4n) is 3.00. The van der Waals surface area contributed by atoms with Gasteiger partial charge in [-0.15, -0.1) is 0 Å². The van der Waals surface area contributed by atoms with Crippen LogP contribution in [0.5, 0.6) is 0 Å². The van der Waals surface area contributed by atoms with Crippen molar-refractivity contribution >= 4 is 0 Å². The van der Waals surface area contributed by atoms with E-state index in [-0.39, 0.29) is 0 Å². The van der Waals surface area contributed by atoms with Gasteiger partial charge in [0.25, 0.3) is 5.82 Å². The summed E-state index contributed by atoms with van der Waals surface area (Å²) in [4.78, 5) is 0. The standard InChI is InChI=1S/C19H37N2/c1-4-7-9-10-11-12-13-14-19-20(15-6-3)17-18-21(19)16-8-5-2/h17-18H,4-16H2,1-3H3/q+1. The molecule has 0 N–H and O–H groups in total. The van der Waals surface area contributed by atoms with Crippen LogP contribution in [0.2, 0.25) is 0 Å². The number of imidazole rings is 1. The van der Waals surface area contributed by atoms with E-state index in [1.165, 1.54) is 83.7 Å². The van der Waals surface area contributed by atoms with Gasteiger partial charge in [0.1, 0.15) is 12.4 Å². The van der Waals surface area contributed by atoms with Gasteiger partial charge in [0.15, 0.2) is 0 Å². The molecule has 0 fully saturated rings. The highest BCUT2D eigenvalue weighted by atomic mass is 15.1. The van der Waals surface area contributed by atoms with Crippen LogP contribution in [0.4, 0.5) is 0 Å². The number of rotatable bonds is 13. The lowest BCUT2D eigenvalue weighted by Gasteiger charge is -2.05. The van der Waals surface area contributed by atoms with Gasteiger partial charge in [0, 0.05) is 6.42 Å². The van der Waals surface area contributed by atoms with E-state index in [1.807, 2.05) is 0 Å². The van der Waals surface area contributed by atoms with Crippen molar-refractivity contribution in [2.75, 3.05) is 0 Å². The first-order valence-corrected chi connectivity index (χ1v) is 9.40. The zero-order valence-electron chi connectivity index (χ0n) is 14.7. The quantitative estimate of drug-likeness (QED) is 0.346. The molecule has 2 nitrogen and oxygen atoms in total. The Hall–Kier alpha value is -0.790. The molecule has 0 saturated heterocycles. The van der Waals surface area contributed by atoms with Crippen LogP contribution >= 0.6 is 0 Å². The first-order valence-electron chi connectivity index (χ1n) is 9.40. The van der Waals surface area contributed by atoms with Crippen LogP contribution in [0.1, 0.15) is 90.8 Å². The lowest BCUT2D eigenvalue weighted by Crippen LogP contribution is -2.37. The topological polar surface area (TPSA) is 8.81 Å². The molecule has 0 aliphatic rings. The molecule has 122 valence electrons. The lowest BCUT2D eigenvalue weighted by molar-refractivity contribution is -0.703. The predicted octanol–water partition coefficient (Wildman–Crippen LogP) is 5.28. The summed E-state index contributed by atoms with van der Waals surface area (Å²) in [5.74, 6) is 1.55. The third-order valence-electron chi connectivity index (χ3n) is 4.31. The van der Waals surface area contributed by atoms with Gasteiger partial charge in [0.2, 0.25) is 0 Å². The molecule has 1 rings (SSSR count). The fraction of sp³-hybridized carbons (Fsp3) is 0.842. The Morgan fingerprint density at radius 1 is 0.810 bits per heavy atom. The van der Waals surface area contributed by atoms with Crippen molar-refractivity contribution in [3.63, 3.8) is 0 Å². The molecule has 1 aromatic rings. The van der Waals surface area contributed by atoms with Gasteiger partial charge >= 0.3 is 0 Å². The van der Waals surface area contributed by atoms with Crippen LogP contribution in [-0.4, -0.2) is 4.57 Å². The Bertz CT molecular complexity index is 354. The Labute approximate surface area is 132 Å². The van der Waals surface area contributed by atoms with E-state index >= 15 is 0 Å². The van der Waals surface area contributed by atoms with Crippen molar-refractivity contribution in [1.29, 1.82) is 0 Å². The van der Waals surface area contributed by atoms with Crippen molar-refractivity contribution in [2.24, 2.45) is 0 Å². The Kier molecular flexibility index (Phi) is 10.3. The smallest absolute Gasteiger partial charge is 0.234 e. The molecule has 0 radical (unpaired) electrons. The fourth-order valence-corrected chi connectivity index (χ4v) is 3.00. The van der Waals surface area contributed by atoms with Gasteiger partial charge in [-0.1, -0.05) is 65.7 Å². The van der Waals surface area contributed by atoms with Crippen LogP contribution in [-0.2, 0) is 19.5 Å². The van der Waals surface area contributed by atoms with E-state index in [0.29, 0.717) is 0 Å². The van der Waals surface area contributed by atoms with Gasteiger partial charge in [-0.2, -0.15) is 0 Å². The molecular formula is C19H37N2+. The maximum Gasteiger partial charge on any atom is 0.256 e. The summed E-state index contributed by atoms with van der Waals surface area (Å²) >= 11 is 0. The van der Waals surface area contributed by atoms with Crippen LogP contribution < -0.4 is 4.57 Å². The zero-order valence-corrected chi connectivity index (χ0v) is 14.7. The SMILES string of the molecule is CCCCCCCCCc1n(CCCC)cc[n+]1CCC. The van der Waals surface area contributed by atoms with Gasteiger partial charge < -0.3 is 0 Å². The Morgan fingerprint density at radius 3 is 2.14 bits per heavy atom.